The van der Waals surface area contributed by atoms with Crippen LogP contribution in [0.5, 0.6) is 0 Å². The highest BCUT2D eigenvalue weighted by atomic mass is 16.3. The third kappa shape index (κ3) is 2.98. The van der Waals surface area contributed by atoms with Gasteiger partial charge in [0.25, 0.3) is 0 Å². The first-order valence-corrected chi connectivity index (χ1v) is 5.56. The van der Waals surface area contributed by atoms with Gasteiger partial charge in [-0.05, 0) is 18.8 Å². The van der Waals surface area contributed by atoms with Gasteiger partial charge < -0.3 is 10.4 Å². The van der Waals surface area contributed by atoms with Crippen LogP contribution >= 0.6 is 0 Å². The van der Waals surface area contributed by atoms with Gasteiger partial charge in [0, 0.05) is 5.92 Å². The van der Waals surface area contributed by atoms with Crippen molar-refractivity contribution >= 4 is 5.91 Å². The maximum Gasteiger partial charge on any atom is 0.223 e. The number of aliphatic hydroxyl groups excluding tert-OH is 1. The number of rotatable bonds is 4. The van der Waals surface area contributed by atoms with E-state index < -0.39 is 0 Å². The Bertz CT molecular complexity index is 186. The first-order valence-electron chi connectivity index (χ1n) is 5.56. The summed E-state index contributed by atoms with van der Waals surface area (Å²) in [5.74, 6) is 0.628. The van der Waals surface area contributed by atoms with Crippen molar-refractivity contribution in [1.29, 1.82) is 0 Å². The first kappa shape index (κ1) is 11.5. The lowest BCUT2D eigenvalue weighted by Gasteiger charge is -2.21. The Morgan fingerprint density at radius 1 is 1.43 bits per heavy atom. The largest absolute Gasteiger partial charge is 0.394 e. The summed E-state index contributed by atoms with van der Waals surface area (Å²) in [4.78, 5) is 11.7. The van der Waals surface area contributed by atoms with E-state index in [2.05, 4.69) is 5.32 Å². The molecule has 0 aromatic heterocycles. The SMILES string of the molecule is CC(C)[C@@H](CO)NC(=O)C1CCCC1. The molecule has 0 saturated heterocycles. The number of aliphatic hydroxyl groups is 1. The van der Waals surface area contributed by atoms with Crippen LogP contribution in [0.3, 0.4) is 0 Å². The summed E-state index contributed by atoms with van der Waals surface area (Å²) in [7, 11) is 0. The molecule has 1 fully saturated rings. The molecule has 1 saturated carbocycles. The summed E-state index contributed by atoms with van der Waals surface area (Å²) in [6.07, 6.45) is 4.37. The van der Waals surface area contributed by atoms with Gasteiger partial charge >= 0.3 is 0 Å². The maximum absolute atomic E-state index is 11.7. The van der Waals surface area contributed by atoms with Crippen LogP contribution < -0.4 is 5.32 Å². The number of carbonyl (C=O) groups excluding carboxylic acids is 1. The molecule has 0 aliphatic heterocycles. The number of nitrogens with one attached hydrogen (secondary N) is 1. The van der Waals surface area contributed by atoms with E-state index in [0.717, 1.165) is 12.8 Å². The van der Waals surface area contributed by atoms with E-state index in [1.54, 1.807) is 0 Å². The molecule has 1 aliphatic rings. The number of hydrogen-bond donors (Lipinski definition) is 2. The van der Waals surface area contributed by atoms with Gasteiger partial charge in [-0.25, -0.2) is 0 Å². The van der Waals surface area contributed by atoms with Crippen LogP contribution in [0.25, 0.3) is 0 Å². The zero-order valence-corrected chi connectivity index (χ0v) is 9.12. The van der Waals surface area contributed by atoms with Crippen LogP contribution in [-0.4, -0.2) is 23.7 Å². The Hall–Kier alpha value is -0.570. The number of carbonyl (C=O) groups is 1. The molecule has 0 aromatic carbocycles. The molecule has 1 amide bonds. The normalized spacial score (nSPS) is 20.0. The van der Waals surface area contributed by atoms with E-state index in [-0.39, 0.29) is 24.5 Å². The van der Waals surface area contributed by atoms with Gasteiger partial charge in [-0.1, -0.05) is 26.7 Å². The molecule has 2 N–H and O–H groups in total. The van der Waals surface area contributed by atoms with Crippen LogP contribution in [0.1, 0.15) is 39.5 Å². The average molecular weight is 199 g/mol. The van der Waals surface area contributed by atoms with Crippen molar-refractivity contribution in [2.75, 3.05) is 6.61 Å². The maximum atomic E-state index is 11.7. The quantitative estimate of drug-likeness (QED) is 0.717. The lowest BCUT2D eigenvalue weighted by atomic mass is 10.0. The molecule has 0 unspecified atom stereocenters. The van der Waals surface area contributed by atoms with Crippen LogP contribution in [0.15, 0.2) is 0 Å². The van der Waals surface area contributed by atoms with Crippen molar-refractivity contribution in [1.82, 2.24) is 5.32 Å². The van der Waals surface area contributed by atoms with Gasteiger partial charge in [0.1, 0.15) is 0 Å². The number of hydrogen-bond acceptors (Lipinski definition) is 2. The summed E-state index contributed by atoms with van der Waals surface area (Å²) >= 11 is 0. The zero-order valence-electron chi connectivity index (χ0n) is 9.12. The summed E-state index contributed by atoms with van der Waals surface area (Å²) in [5, 5.41) is 12.0. The van der Waals surface area contributed by atoms with Crippen molar-refractivity contribution in [2.24, 2.45) is 11.8 Å². The van der Waals surface area contributed by atoms with Crippen molar-refractivity contribution in [3.05, 3.63) is 0 Å². The monoisotopic (exact) mass is 199 g/mol. The van der Waals surface area contributed by atoms with Crippen molar-refractivity contribution in [3.8, 4) is 0 Å². The predicted octanol–water partition coefficient (Wildman–Crippen LogP) is 1.31. The minimum atomic E-state index is -0.0805. The van der Waals surface area contributed by atoms with Gasteiger partial charge in [0.15, 0.2) is 0 Å². The molecule has 3 heteroatoms. The first-order chi connectivity index (χ1) is 6.65. The fourth-order valence-electron chi connectivity index (χ4n) is 1.91. The highest BCUT2D eigenvalue weighted by Gasteiger charge is 2.25. The molecule has 0 heterocycles. The highest BCUT2D eigenvalue weighted by Crippen LogP contribution is 2.24. The molecule has 0 spiro atoms. The molecule has 82 valence electrons. The van der Waals surface area contributed by atoms with Gasteiger partial charge in [-0.2, -0.15) is 0 Å². The van der Waals surface area contributed by atoms with Crippen molar-refractivity contribution in [3.63, 3.8) is 0 Å². The van der Waals surface area contributed by atoms with Crippen LogP contribution in [0.4, 0.5) is 0 Å². The van der Waals surface area contributed by atoms with E-state index in [0.29, 0.717) is 5.92 Å². The van der Waals surface area contributed by atoms with E-state index >= 15 is 0 Å². The molecule has 0 aromatic rings. The second-order valence-electron chi connectivity index (χ2n) is 4.52. The van der Waals surface area contributed by atoms with Crippen molar-refractivity contribution in [2.45, 2.75) is 45.6 Å². The third-order valence-corrected chi connectivity index (χ3v) is 3.06. The lowest BCUT2D eigenvalue weighted by molar-refractivity contribution is -0.126. The van der Waals surface area contributed by atoms with E-state index in [1.807, 2.05) is 13.8 Å². The Morgan fingerprint density at radius 2 is 2.00 bits per heavy atom. The van der Waals surface area contributed by atoms with Crippen molar-refractivity contribution < 1.29 is 9.90 Å². The molecule has 0 radical (unpaired) electrons. The Morgan fingerprint density at radius 3 is 2.43 bits per heavy atom. The van der Waals surface area contributed by atoms with Gasteiger partial charge in [-0.3, -0.25) is 4.79 Å². The summed E-state index contributed by atoms with van der Waals surface area (Å²) in [5.41, 5.74) is 0. The molecular weight excluding hydrogens is 178 g/mol. The minimum Gasteiger partial charge on any atom is -0.394 e. The minimum absolute atomic E-state index is 0.0378. The predicted molar refractivity (Wildman–Crippen MR) is 55.8 cm³/mol. The topological polar surface area (TPSA) is 49.3 Å². The molecule has 1 atom stereocenters. The van der Waals surface area contributed by atoms with Gasteiger partial charge in [-0.15, -0.1) is 0 Å². The van der Waals surface area contributed by atoms with Crippen LogP contribution in [-0.2, 0) is 4.79 Å². The molecule has 1 rings (SSSR count). The van der Waals surface area contributed by atoms with E-state index in [1.165, 1.54) is 12.8 Å². The Labute approximate surface area is 85.9 Å². The van der Waals surface area contributed by atoms with Crippen LogP contribution in [0, 0.1) is 11.8 Å². The molecule has 3 nitrogen and oxygen atoms in total. The number of amides is 1. The second kappa shape index (κ2) is 5.35. The summed E-state index contributed by atoms with van der Waals surface area (Å²) < 4.78 is 0. The Balaban J connectivity index is 2.37. The van der Waals surface area contributed by atoms with Crippen LogP contribution in [0.2, 0.25) is 0 Å². The zero-order chi connectivity index (χ0) is 10.6. The smallest absolute Gasteiger partial charge is 0.223 e. The van der Waals surface area contributed by atoms with E-state index in [9.17, 15) is 4.79 Å². The Kier molecular flexibility index (Phi) is 4.39. The van der Waals surface area contributed by atoms with Gasteiger partial charge in [0.2, 0.25) is 5.91 Å². The molecule has 0 bridgehead atoms. The summed E-state index contributed by atoms with van der Waals surface area (Å²) in [6, 6.07) is -0.0805. The lowest BCUT2D eigenvalue weighted by Crippen LogP contribution is -2.43. The fourth-order valence-corrected chi connectivity index (χ4v) is 1.91. The molecular formula is C11H21NO2. The van der Waals surface area contributed by atoms with E-state index in [4.69, 9.17) is 5.11 Å². The standard InChI is InChI=1S/C11H21NO2/c1-8(2)10(7-13)12-11(14)9-5-3-4-6-9/h8-10,13H,3-7H2,1-2H3,(H,12,14)/t10-/m1/s1. The average Bonchev–Trinajstić information content (AvgIpc) is 2.65. The second-order valence-corrected chi connectivity index (χ2v) is 4.52. The highest BCUT2D eigenvalue weighted by molar-refractivity contribution is 5.79. The molecule has 1 aliphatic carbocycles. The third-order valence-electron chi connectivity index (χ3n) is 3.06. The van der Waals surface area contributed by atoms with Gasteiger partial charge in [0.05, 0.1) is 12.6 Å². The fraction of sp³-hybridized carbons (Fsp3) is 0.909. The summed E-state index contributed by atoms with van der Waals surface area (Å²) in [6.45, 7) is 4.06. The molecule has 14 heavy (non-hydrogen) atoms.